The second-order valence-electron chi connectivity index (χ2n) is 8.85. The Morgan fingerprint density at radius 2 is 1.54 bits per heavy atom. The fraction of sp³-hybridized carbons (Fsp3) is 0.310. The third-order valence-corrected chi connectivity index (χ3v) is 6.97. The summed E-state index contributed by atoms with van der Waals surface area (Å²) in [7, 11) is 0. The Morgan fingerprint density at radius 1 is 0.914 bits per heavy atom. The molecule has 184 valence electrons. The van der Waals surface area contributed by atoms with E-state index in [1.807, 2.05) is 75.4 Å². The van der Waals surface area contributed by atoms with Crippen molar-refractivity contribution in [1.82, 2.24) is 10.2 Å². The number of nitrogens with zero attached hydrogens (tertiary/aromatic N) is 1. The number of carbonyl (C=O) groups is 2. The molecule has 2 amide bonds. The lowest BCUT2D eigenvalue weighted by Crippen LogP contribution is -2.52. The smallest absolute Gasteiger partial charge is 0.243 e. The molecule has 35 heavy (non-hydrogen) atoms. The Labute approximate surface area is 218 Å². The first kappa shape index (κ1) is 26.8. The molecular weight excluding hydrogens is 479 g/mol. The normalized spacial score (nSPS) is 12.6. The largest absolute Gasteiger partial charge is 0.352 e. The molecule has 0 saturated carbocycles. The molecule has 0 unspecified atom stereocenters. The molecule has 0 aliphatic carbocycles. The Hall–Kier alpha value is -2.82. The number of nitrogens with one attached hydrogen (secondary N) is 1. The summed E-state index contributed by atoms with van der Waals surface area (Å²) >= 11 is 12.8. The summed E-state index contributed by atoms with van der Waals surface area (Å²) in [6.45, 7) is 6.30. The lowest BCUT2D eigenvalue weighted by atomic mass is 10.00. The number of benzene rings is 3. The maximum atomic E-state index is 13.9. The van der Waals surface area contributed by atoms with Gasteiger partial charge in [-0.3, -0.25) is 9.59 Å². The summed E-state index contributed by atoms with van der Waals surface area (Å²) in [5.41, 5.74) is 3.59. The van der Waals surface area contributed by atoms with Crippen LogP contribution in [0.25, 0.3) is 0 Å². The van der Waals surface area contributed by atoms with Gasteiger partial charge in [-0.15, -0.1) is 0 Å². The van der Waals surface area contributed by atoms with Gasteiger partial charge in [0.15, 0.2) is 0 Å². The van der Waals surface area contributed by atoms with Crippen LogP contribution < -0.4 is 5.32 Å². The Bertz CT molecular complexity index is 1130. The van der Waals surface area contributed by atoms with Crippen LogP contribution in [0.1, 0.15) is 42.5 Å². The lowest BCUT2D eigenvalue weighted by molar-refractivity contribution is -0.141. The summed E-state index contributed by atoms with van der Waals surface area (Å²) < 4.78 is 0. The van der Waals surface area contributed by atoms with Gasteiger partial charge in [0.2, 0.25) is 11.8 Å². The highest BCUT2D eigenvalue weighted by Gasteiger charge is 2.31. The van der Waals surface area contributed by atoms with Gasteiger partial charge < -0.3 is 10.2 Å². The fourth-order valence-corrected chi connectivity index (χ4v) is 4.45. The molecule has 0 saturated heterocycles. The molecule has 0 radical (unpaired) electrons. The van der Waals surface area contributed by atoms with Crippen LogP contribution in [0.2, 0.25) is 10.0 Å². The van der Waals surface area contributed by atoms with Crippen molar-refractivity contribution < 1.29 is 9.59 Å². The monoisotopic (exact) mass is 510 g/mol. The summed E-state index contributed by atoms with van der Waals surface area (Å²) in [6.07, 6.45) is 1.20. The number of carbonyl (C=O) groups excluding carboxylic acids is 2. The topological polar surface area (TPSA) is 49.4 Å². The number of aryl methyl sites for hydroxylation is 1. The molecule has 0 heterocycles. The molecule has 0 aliphatic heterocycles. The molecule has 0 aromatic heterocycles. The van der Waals surface area contributed by atoms with E-state index in [4.69, 9.17) is 23.2 Å². The molecule has 0 fully saturated rings. The van der Waals surface area contributed by atoms with Crippen molar-refractivity contribution in [3.05, 3.63) is 105 Å². The van der Waals surface area contributed by atoms with Gasteiger partial charge in [-0.25, -0.2) is 0 Å². The van der Waals surface area contributed by atoms with Crippen molar-refractivity contribution in [2.75, 3.05) is 0 Å². The van der Waals surface area contributed by atoms with Crippen LogP contribution >= 0.6 is 23.2 Å². The predicted molar refractivity (Wildman–Crippen MR) is 144 cm³/mol. The maximum Gasteiger partial charge on any atom is 0.243 e. The average Bonchev–Trinajstić information content (AvgIpc) is 2.85. The number of hydrogen-bond acceptors (Lipinski definition) is 2. The minimum atomic E-state index is -0.695. The van der Waals surface area contributed by atoms with Crippen molar-refractivity contribution in [1.29, 1.82) is 0 Å². The summed E-state index contributed by atoms with van der Waals surface area (Å²) in [6, 6.07) is 22.2. The van der Waals surface area contributed by atoms with Crippen LogP contribution in [0.5, 0.6) is 0 Å². The molecule has 4 nitrogen and oxygen atoms in total. The highest BCUT2D eigenvalue weighted by Crippen LogP contribution is 2.26. The Kier molecular flexibility index (Phi) is 9.76. The van der Waals surface area contributed by atoms with Crippen LogP contribution in [0, 0.1) is 6.92 Å². The standard InChI is InChI=1S/C29H32Cl2N2O2/c1-4-21(3)32-29(35)27(17-22-12-6-5-7-13-22)33(19-23-14-9-8-11-20(23)2)28(34)18-24-25(30)15-10-16-26(24)31/h5-16,21,27H,4,17-19H2,1-3H3,(H,32,35)/t21-,27-/m1/s1. The third-order valence-electron chi connectivity index (χ3n) is 6.26. The van der Waals surface area contributed by atoms with E-state index >= 15 is 0 Å². The zero-order valence-electron chi connectivity index (χ0n) is 20.4. The van der Waals surface area contributed by atoms with Gasteiger partial charge in [-0.05, 0) is 54.7 Å². The second-order valence-corrected chi connectivity index (χ2v) is 9.66. The van der Waals surface area contributed by atoms with E-state index < -0.39 is 6.04 Å². The molecule has 6 heteroatoms. The summed E-state index contributed by atoms with van der Waals surface area (Å²) in [4.78, 5) is 29.1. The van der Waals surface area contributed by atoms with Crippen molar-refractivity contribution in [3.63, 3.8) is 0 Å². The molecule has 3 aromatic rings. The van der Waals surface area contributed by atoms with E-state index in [0.717, 1.165) is 23.1 Å². The average molecular weight is 511 g/mol. The first-order chi connectivity index (χ1) is 16.8. The molecule has 0 bridgehead atoms. The number of rotatable bonds is 10. The van der Waals surface area contributed by atoms with Crippen molar-refractivity contribution >= 4 is 35.0 Å². The molecule has 0 aliphatic rings. The SMILES string of the molecule is CC[C@@H](C)NC(=O)[C@@H](Cc1ccccc1)N(Cc1ccccc1C)C(=O)Cc1c(Cl)cccc1Cl. The minimum Gasteiger partial charge on any atom is -0.352 e. The van der Waals surface area contributed by atoms with Crippen molar-refractivity contribution in [3.8, 4) is 0 Å². The first-order valence-corrected chi connectivity index (χ1v) is 12.7. The van der Waals surface area contributed by atoms with Gasteiger partial charge in [0.25, 0.3) is 0 Å². The zero-order chi connectivity index (χ0) is 25.4. The van der Waals surface area contributed by atoms with Crippen LogP contribution in [0.4, 0.5) is 0 Å². The number of amides is 2. The van der Waals surface area contributed by atoms with Crippen LogP contribution in [-0.4, -0.2) is 28.8 Å². The Morgan fingerprint density at radius 3 is 2.17 bits per heavy atom. The molecule has 3 rings (SSSR count). The molecular formula is C29H32Cl2N2O2. The fourth-order valence-electron chi connectivity index (χ4n) is 3.92. The van der Waals surface area contributed by atoms with E-state index in [1.54, 1.807) is 23.1 Å². The van der Waals surface area contributed by atoms with Crippen LogP contribution in [-0.2, 0) is 29.0 Å². The highest BCUT2D eigenvalue weighted by molar-refractivity contribution is 6.36. The van der Waals surface area contributed by atoms with Crippen molar-refractivity contribution in [2.45, 2.75) is 58.7 Å². The molecule has 0 spiro atoms. The number of hydrogen-bond donors (Lipinski definition) is 1. The molecule has 2 atom stereocenters. The quantitative estimate of drug-likeness (QED) is 0.343. The Balaban J connectivity index is 2.02. The number of halogens is 2. The van der Waals surface area contributed by atoms with E-state index in [0.29, 0.717) is 28.6 Å². The maximum absolute atomic E-state index is 13.9. The van der Waals surface area contributed by atoms with Gasteiger partial charge in [-0.1, -0.05) is 90.8 Å². The third kappa shape index (κ3) is 7.33. The van der Waals surface area contributed by atoms with Gasteiger partial charge in [0, 0.05) is 29.1 Å². The van der Waals surface area contributed by atoms with Gasteiger partial charge in [-0.2, -0.15) is 0 Å². The summed E-state index contributed by atoms with van der Waals surface area (Å²) in [5.74, 6) is -0.376. The highest BCUT2D eigenvalue weighted by atomic mass is 35.5. The lowest BCUT2D eigenvalue weighted by Gasteiger charge is -2.33. The van der Waals surface area contributed by atoms with Crippen LogP contribution in [0.3, 0.4) is 0 Å². The summed E-state index contributed by atoms with van der Waals surface area (Å²) in [5, 5.41) is 3.96. The first-order valence-electron chi connectivity index (χ1n) is 11.9. The van der Waals surface area contributed by atoms with E-state index in [2.05, 4.69) is 5.32 Å². The van der Waals surface area contributed by atoms with E-state index in [-0.39, 0.29) is 24.3 Å². The van der Waals surface area contributed by atoms with Gasteiger partial charge >= 0.3 is 0 Å². The molecule has 3 aromatic carbocycles. The molecule has 1 N–H and O–H groups in total. The predicted octanol–water partition coefficient (Wildman–Crippen LogP) is 6.40. The zero-order valence-corrected chi connectivity index (χ0v) is 21.9. The van der Waals surface area contributed by atoms with E-state index in [9.17, 15) is 9.59 Å². The minimum absolute atomic E-state index is 0.00537. The van der Waals surface area contributed by atoms with Gasteiger partial charge in [0.1, 0.15) is 6.04 Å². The van der Waals surface area contributed by atoms with Crippen molar-refractivity contribution in [2.24, 2.45) is 0 Å². The van der Waals surface area contributed by atoms with Crippen LogP contribution in [0.15, 0.2) is 72.8 Å². The van der Waals surface area contributed by atoms with E-state index in [1.165, 1.54) is 0 Å². The second kappa shape index (κ2) is 12.8. The van der Waals surface area contributed by atoms with Gasteiger partial charge in [0.05, 0.1) is 6.42 Å².